The van der Waals surface area contributed by atoms with Crippen molar-refractivity contribution in [1.82, 2.24) is 4.90 Å². The van der Waals surface area contributed by atoms with Crippen LogP contribution < -0.4 is 0 Å². The van der Waals surface area contributed by atoms with Gasteiger partial charge in [0.15, 0.2) is 0 Å². The van der Waals surface area contributed by atoms with Gasteiger partial charge in [-0.1, -0.05) is 11.8 Å². The fourth-order valence-corrected chi connectivity index (χ4v) is 2.66. The molecule has 0 aliphatic heterocycles. The first-order valence-corrected chi connectivity index (χ1v) is 7.08. The van der Waals surface area contributed by atoms with Crippen LogP contribution in [0.1, 0.15) is 40.7 Å². The fourth-order valence-electron chi connectivity index (χ4n) is 1.82. The highest BCUT2D eigenvalue weighted by Gasteiger charge is 2.32. The number of carbonyl (C=O) groups is 1. The molecule has 1 amide bonds. The van der Waals surface area contributed by atoms with Crippen LogP contribution in [0.4, 0.5) is 0 Å². The molecule has 0 bridgehead atoms. The molecule has 18 heavy (non-hydrogen) atoms. The Hall–Kier alpha value is -1.31. The standard InChI is InChI=1S/C14H17NO2S/c1-2-15(11-6-7-11)14(17)13-9-8-12(18-13)5-3-4-10-16/h8-9,11,16H,2,4,6-7,10H2,1H3. The average molecular weight is 263 g/mol. The Balaban J connectivity index is 2.05. The molecule has 1 aromatic heterocycles. The van der Waals surface area contributed by atoms with Crippen molar-refractivity contribution in [2.75, 3.05) is 13.2 Å². The Morgan fingerprint density at radius 2 is 2.33 bits per heavy atom. The third-order valence-corrected chi connectivity index (χ3v) is 3.84. The summed E-state index contributed by atoms with van der Waals surface area (Å²) in [5.41, 5.74) is 0. The van der Waals surface area contributed by atoms with Crippen molar-refractivity contribution in [3.8, 4) is 11.8 Å². The smallest absolute Gasteiger partial charge is 0.264 e. The molecule has 2 rings (SSSR count). The number of thiophene rings is 1. The van der Waals surface area contributed by atoms with Gasteiger partial charge in [0, 0.05) is 19.0 Å². The van der Waals surface area contributed by atoms with Crippen molar-refractivity contribution in [2.45, 2.75) is 32.2 Å². The molecule has 3 nitrogen and oxygen atoms in total. The molecule has 96 valence electrons. The minimum absolute atomic E-state index is 0.0788. The molecule has 4 heteroatoms. The highest BCUT2D eigenvalue weighted by Crippen LogP contribution is 2.29. The van der Waals surface area contributed by atoms with E-state index in [1.165, 1.54) is 11.3 Å². The van der Waals surface area contributed by atoms with Crippen molar-refractivity contribution < 1.29 is 9.90 Å². The number of aliphatic hydroxyl groups is 1. The third-order valence-electron chi connectivity index (χ3n) is 2.85. The minimum Gasteiger partial charge on any atom is -0.395 e. The maximum Gasteiger partial charge on any atom is 0.264 e. The predicted octanol–water partition coefficient (Wildman–Crippen LogP) is 2.11. The van der Waals surface area contributed by atoms with E-state index in [-0.39, 0.29) is 12.5 Å². The summed E-state index contributed by atoms with van der Waals surface area (Å²) in [6.07, 6.45) is 2.74. The van der Waals surface area contributed by atoms with Gasteiger partial charge in [0.2, 0.25) is 0 Å². The van der Waals surface area contributed by atoms with E-state index in [0.717, 1.165) is 29.1 Å². The lowest BCUT2D eigenvalue weighted by atomic mass is 10.3. The Kier molecular flexibility index (Phi) is 4.40. The molecule has 1 aromatic rings. The van der Waals surface area contributed by atoms with E-state index >= 15 is 0 Å². The lowest BCUT2D eigenvalue weighted by Gasteiger charge is -2.19. The normalized spacial score (nSPS) is 13.9. The van der Waals surface area contributed by atoms with Gasteiger partial charge in [-0.05, 0) is 31.9 Å². The van der Waals surface area contributed by atoms with E-state index in [1.54, 1.807) is 0 Å². The van der Waals surface area contributed by atoms with E-state index in [0.29, 0.717) is 12.5 Å². The summed E-state index contributed by atoms with van der Waals surface area (Å²) in [5, 5.41) is 8.65. The van der Waals surface area contributed by atoms with Gasteiger partial charge < -0.3 is 10.0 Å². The van der Waals surface area contributed by atoms with Crippen LogP contribution in [0.15, 0.2) is 12.1 Å². The van der Waals surface area contributed by atoms with Crippen LogP contribution in [-0.2, 0) is 0 Å². The van der Waals surface area contributed by atoms with Crippen LogP contribution in [0.2, 0.25) is 0 Å². The largest absolute Gasteiger partial charge is 0.395 e. The Morgan fingerprint density at radius 3 is 2.94 bits per heavy atom. The summed E-state index contributed by atoms with van der Waals surface area (Å²) in [5.74, 6) is 5.95. The SMILES string of the molecule is CCN(C(=O)c1ccc(C#CCCO)s1)C1CC1. The van der Waals surface area contributed by atoms with E-state index < -0.39 is 0 Å². The number of carbonyl (C=O) groups excluding carboxylic acids is 1. The summed E-state index contributed by atoms with van der Waals surface area (Å²) in [6, 6.07) is 4.18. The first kappa shape index (κ1) is 13.1. The molecule has 0 saturated heterocycles. The van der Waals surface area contributed by atoms with E-state index in [4.69, 9.17) is 5.11 Å². The van der Waals surface area contributed by atoms with Crippen molar-refractivity contribution in [2.24, 2.45) is 0 Å². The molecule has 0 aromatic carbocycles. The zero-order valence-corrected chi connectivity index (χ0v) is 11.3. The Labute approximate surface area is 111 Å². The van der Waals surface area contributed by atoms with Gasteiger partial charge >= 0.3 is 0 Å². The molecule has 0 unspecified atom stereocenters. The van der Waals surface area contributed by atoms with Crippen molar-refractivity contribution in [3.05, 3.63) is 21.9 Å². The fraction of sp³-hybridized carbons (Fsp3) is 0.500. The van der Waals surface area contributed by atoms with E-state index in [2.05, 4.69) is 11.8 Å². The predicted molar refractivity (Wildman–Crippen MR) is 72.6 cm³/mol. The maximum absolute atomic E-state index is 12.2. The summed E-state index contributed by atoms with van der Waals surface area (Å²) < 4.78 is 0. The topological polar surface area (TPSA) is 40.5 Å². The molecule has 1 aliphatic rings. The van der Waals surface area contributed by atoms with Crippen LogP contribution in [0.5, 0.6) is 0 Å². The number of rotatable bonds is 4. The quantitative estimate of drug-likeness (QED) is 0.845. The van der Waals surface area contributed by atoms with Gasteiger partial charge in [-0.15, -0.1) is 11.3 Å². The van der Waals surface area contributed by atoms with Crippen LogP contribution in [0.3, 0.4) is 0 Å². The van der Waals surface area contributed by atoms with Gasteiger partial charge in [0.1, 0.15) is 0 Å². The number of aliphatic hydroxyl groups excluding tert-OH is 1. The molecular weight excluding hydrogens is 246 g/mol. The molecule has 1 fully saturated rings. The maximum atomic E-state index is 12.2. The summed E-state index contributed by atoms with van der Waals surface area (Å²) in [7, 11) is 0. The van der Waals surface area contributed by atoms with Crippen molar-refractivity contribution in [3.63, 3.8) is 0 Å². The van der Waals surface area contributed by atoms with E-state index in [1.807, 2.05) is 24.0 Å². The van der Waals surface area contributed by atoms with Crippen LogP contribution in [0.25, 0.3) is 0 Å². The van der Waals surface area contributed by atoms with Gasteiger partial charge in [0.05, 0.1) is 16.4 Å². The second kappa shape index (κ2) is 6.03. The summed E-state index contributed by atoms with van der Waals surface area (Å²) in [4.78, 5) is 15.8. The second-order valence-electron chi connectivity index (χ2n) is 4.26. The molecular formula is C14H17NO2S. The first-order valence-electron chi connectivity index (χ1n) is 6.26. The van der Waals surface area contributed by atoms with Crippen LogP contribution in [-0.4, -0.2) is 35.1 Å². The molecule has 1 aliphatic carbocycles. The second-order valence-corrected chi connectivity index (χ2v) is 5.35. The molecule has 0 spiro atoms. The minimum atomic E-state index is 0.0788. The van der Waals surface area contributed by atoms with Crippen molar-refractivity contribution >= 4 is 17.2 Å². The van der Waals surface area contributed by atoms with Gasteiger partial charge in [-0.25, -0.2) is 0 Å². The third kappa shape index (κ3) is 3.12. The van der Waals surface area contributed by atoms with E-state index in [9.17, 15) is 4.79 Å². The number of hydrogen-bond acceptors (Lipinski definition) is 3. The highest BCUT2D eigenvalue weighted by atomic mass is 32.1. The molecule has 1 heterocycles. The van der Waals surface area contributed by atoms with Gasteiger partial charge in [-0.3, -0.25) is 4.79 Å². The number of amides is 1. The zero-order chi connectivity index (χ0) is 13.0. The monoisotopic (exact) mass is 263 g/mol. The van der Waals surface area contributed by atoms with Crippen LogP contribution in [0, 0.1) is 11.8 Å². The molecule has 0 atom stereocenters. The number of hydrogen-bond donors (Lipinski definition) is 1. The Bertz CT molecular complexity index is 479. The van der Waals surface area contributed by atoms with Crippen LogP contribution >= 0.6 is 11.3 Å². The number of nitrogens with zero attached hydrogens (tertiary/aromatic N) is 1. The summed E-state index contributed by atoms with van der Waals surface area (Å²) >= 11 is 1.43. The highest BCUT2D eigenvalue weighted by molar-refractivity contribution is 7.14. The molecule has 1 saturated carbocycles. The van der Waals surface area contributed by atoms with Crippen molar-refractivity contribution in [1.29, 1.82) is 0 Å². The lowest BCUT2D eigenvalue weighted by molar-refractivity contribution is 0.0757. The molecule has 0 radical (unpaired) electrons. The van der Waals surface area contributed by atoms with Gasteiger partial charge in [0.25, 0.3) is 5.91 Å². The Morgan fingerprint density at radius 1 is 1.56 bits per heavy atom. The summed E-state index contributed by atoms with van der Waals surface area (Å²) in [6.45, 7) is 2.87. The first-order chi connectivity index (χ1) is 8.76. The lowest BCUT2D eigenvalue weighted by Crippen LogP contribution is -2.32. The van der Waals surface area contributed by atoms with Gasteiger partial charge in [-0.2, -0.15) is 0 Å². The zero-order valence-electron chi connectivity index (χ0n) is 10.5. The average Bonchev–Trinajstić information content (AvgIpc) is 3.08. The molecule has 1 N–H and O–H groups in total.